The van der Waals surface area contributed by atoms with Gasteiger partial charge in [0.2, 0.25) is 0 Å². The van der Waals surface area contributed by atoms with Gasteiger partial charge in [0.25, 0.3) is 0 Å². The molecule has 2 aromatic carbocycles. The molecule has 0 unspecified atom stereocenters. The monoisotopic (exact) mass is 435 g/mol. The number of nitrogens with two attached hydrogens (primary N) is 1. The van der Waals surface area contributed by atoms with Crippen LogP contribution in [0.2, 0.25) is 0 Å². The highest BCUT2D eigenvalue weighted by Gasteiger charge is 2.22. The van der Waals surface area contributed by atoms with Crippen molar-refractivity contribution in [1.82, 2.24) is 0 Å². The molecule has 0 aliphatic heterocycles. The molecular weight excluding hydrogens is 421 g/mol. The molecule has 114 valence electrons. The molecule has 4 N–H and O–H groups in total. The highest BCUT2D eigenvalue weighted by atomic mass is 79.9. The van der Waals surface area contributed by atoms with Crippen molar-refractivity contribution in [2.24, 2.45) is 5.73 Å². The maximum Gasteiger partial charge on any atom is 0.134 e. The van der Waals surface area contributed by atoms with E-state index in [1.807, 2.05) is 30.3 Å². The molecule has 21 heavy (non-hydrogen) atoms. The fraction of sp³-hybridized carbons (Fsp3) is 0.200. The molecule has 0 amide bonds. The van der Waals surface area contributed by atoms with Gasteiger partial charge in [0.1, 0.15) is 5.75 Å². The average Bonchev–Trinajstić information content (AvgIpc) is 2.43. The smallest absolute Gasteiger partial charge is 0.134 e. The summed E-state index contributed by atoms with van der Waals surface area (Å²) in [5.74, 6) is 0.0628. The van der Waals surface area contributed by atoms with Gasteiger partial charge < -0.3 is 15.9 Å². The number of rotatable bonds is 4. The molecular formula is C15H16Br2ClNO2. The number of phenols is 1. The number of benzene rings is 2. The molecule has 0 aliphatic carbocycles. The Bertz CT molecular complexity index is 596. The van der Waals surface area contributed by atoms with E-state index in [1.165, 1.54) is 0 Å². The third-order valence-electron chi connectivity index (χ3n) is 3.12. The lowest BCUT2D eigenvalue weighted by Crippen LogP contribution is -2.28. The second kappa shape index (κ2) is 8.15. The Labute approximate surface area is 146 Å². The van der Waals surface area contributed by atoms with E-state index in [2.05, 4.69) is 31.9 Å². The maximum atomic E-state index is 10.3. The summed E-state index contributed by atoms with van der Waals surface area (Å²) in [6, 6.07) is 12.4. The van der Waals surface area contributed by atoms with Crippen LogP contribution < -0.4 is 5.73 Å². The van der Waals surface area contributed by atoms with Gasteiger partial charge in [0, 0.05) is 16.5 Å². The maximum absolute atomic E-state index is 10.3. The first-order chi connectivity index (χ1) is 9.49. The fourth-order valence-corrected chi connectivity index (χ4v) is 3.29. The first kappa shape index (κ1) is 18.5. The SMILES string of the molecule is Cl.N[C@H](c1cc(Br)cc(Br)c1O)[C@@H](O)Cc1ccccc1. The molecule has 0 aliphatic rings. The van der Waals surface area contributed by atoms with Gasteiger partial charge in [0.15, 0.2) is 0 Å². The van der Waals surface area contributed by atoms with Crippen LogP contribution in [0.4, 0.5) is 0 Å². The molecule has 2 rings (SSSR count). The van der Waals surface area contributed by atoms with Crippen LogP contribution in [0.25, 0.3) is 0 Å². The molecule has 0 saturated heterocycles. The Morgan fingerprint density at radius 2 is 1.71 bits per heavy atom. The van der Waals surface area contributed by atoms with Crippen LogP contribution in [0.3, 0.4) is 0 Å². The quantitative estimate of drug-likeness (QED) is 0.679. The number of hydrogen-bond donors (Lipinski definition) is 3. The second-order valence-electron chi connectivity index (χ2n) is 4.61. The van der Waals surface area contributed by atoms with Gasteiger partial charge in [0.05, 0.1) is 16.6 Å². The number of aliphatic hydroxyl groups is 1. The van der Waals surface area contributed by atoms with Crippen molar-refractivity contribution in [2.75, 3.05) is 0 Å². The third kappa shape index (κ3) is 4.69. The van der Waals surface area contributed by atoms with E-state index in [9.17, 15) is 10.2 Å². The Morgan fingerprint density at radius 1 is 1.10 bits per heavy atom. The number of halogens is 3. The molecule has 2 atom stereocenters. The molecule has 0 aromatic heterocycles. The van der Waals surface area contributed by atoms with E-state index in [0.29, 0.717) is 16.5 Å². The predicted octanol–water partition coefficient (Wildman–Crippen LogP) is 3.94. The zero-order valence-electron chi connectivity index (χ0n) is 11.0. The van der Waals surface area contributed by atoms with E-state index >= 15 is 0 Å². The number of aliphatic hydroxyl groups excluding tert-OH is 1. The summed E-state index contributed by atoms with van der Waals surface area (Å²) in [5.41, 5.74) is 7.59. The van der Waals surface area contributed by atoms with E-state index in [4.69, 9.17) is 5.73 Å². The lowest BCUT2D eigenvalue weighted by molar-refractivity contribution is 0.143. The summed E-state index contributed by atoms with van der Waals surface area (Å²) < 4.78 is 1.34. The molecule has 0 radical (unpaired) electrons. The lowest BCUT2D eigenvalue weighted by atomic mass is 9.96. The Balaban J connectivity index is 0.00000220. The summed E-state index contributed by atoms with van der Waals surface area (Å²) in [4.78, 5) is 0. The minimum Gasteiger partial charge on any atom is -0.506 e. The highest BCUT2D eigenvalue weighted by molar-refractivity contribution is 9.11. The lowest BCUT2D eigenvalue weighted by Gasteiger charge is -2.21. The van der Waals surface area contributed by atoms with Crippen molar-refractivity contribution in [2.45, 2.75) is 18.6 Å². The highest BCUT2D eigenvalue weighted by Crippen LogP contribution is 2.35. The zero-order valence-corrected chi connectivity index (χ0v) is 15.0. The Morgan fingerprint density at radius 3 is 2.33 bits per heavy atom. The minimum atomic E-state index is -0.774. The first-order valence-corrected chi connectivity index (χ1v) is 7.73. The van der Waals surface area contributed by atoms with E-state index in [0.717, 1.165) is 10.0 Å². The van der Waals surface area contributed by atoms with Crippen LogP contribution in [0.15, 0.2) is 51.4 Å². The van der Waals surface area contributed by atoms with Crippen molar-refractivity contribution in [3.63, 3.8) is 0 Å². The molecule has 0 heterocycles. The van der Waals surface area contributed by atoms with Crippen LogP contribution in [0, 0.1) is 0 Å². The molecule has 0 fully saturated rings. The molecule has 0 spiro atoms. The van der Waals surface area contributed by atoms with Crippen LogP contribution in [0.1, 0.15) is 17.2 Å². The Hall–Kier alpha value is -0.590. The first-order valence-electron chi connectivity index (χ1n) is 6.14. The standard InChI is InChI=1S/C15H15Br2NO2.ClH/c16-10-7-11(15(20)12(17)8-10)14(18)13(19)6-9-4-2-1-3-5-9;/h1-5,7-8,13-14,19-20H,6,18H2;1H/t13-,14+;/m0./s1. The molecule has 3 nitrogen and oxygen atoms in total. The third-order valence-corrected chi connectivity index (χ3v) is 4.18. The fourth-order valence-electron chi connectivity index (χ4n) is 2.03. The van der Waals surface area contributed by atoms with Crippen molar-refractivity contribution in [3.05, 3.63) is 62.5 Å². The van der Waals surface area contributed by atoms with E-state index in [1.54, 1.807) is 12.1 Å². The average molecular weight is 438 g/mol. The number of hydrogen-bond acceptors (Lipinski definition) is 3. The van der Waals surface area contributed by atoms with Crippen molar-refractivity contribution in [1.29, 1.82) is 0 Å². The van der Waals surface area contributed by atoms with E-state index < -0.39 is 12.1 Å². The van der Waals surface area contributed by atoms with Gasteiger partial charge >= 0.3 is 0 Å². The summed E-state index contributed by atoms with van der Waals surface area (Å²) >= 11 is 6.62. The zero-order chi connectivity index (χ0) is 14.7. The van der Waals surface area contributed by atoms with Gasteiger partial charge in [-0.3, -0.25) is 0 Å². The molecule has 0 bridgehead atoms. The molecule has 0 saturated carbocycles. The minimum absolute atomic E-state index is 0. The van der Waals surface area contributed by atoms with Crippen molar-refractivity contribution < 1.29 is 10.2 Å². The van der Waals surface area contributed by atoms with Crippen LogP contribution >= 0.6 is 44.3 Å². The topological polar surface area (TPSA) is 66.5 Å². The summed E-state index contributed by atoms with van der Waals surface area (Å²) in [7, 11) is 0. The second-order valence-corrected chi connectivity index (χ2v) is 6.38. The van der Waals surface area contributed by atoms with Crippen molar-refractivity contribution >= 4 is 44.3 Å². The Kier molecular flexibility index (Phi) is 7.16. The summed E-state index contributed by atoms with van der Waals surface area (Å²) in [6.45, 7) is 0. The van der Waals surface area contributed by atoms with Crippen LogP contribution in [-0.4, -0.2) is 16.3 Å². The van der Waals surface area contributed by atoms with Gasteiger partial charge in [-0.2, -0.15) is 0 Å². The summed E-state index contributed by atoms with van der Waals surface area (Å²) in [5, 5.41) is 20.3. The van der Waals surface area contributed by atoms with Crippen LogP contribution in [-0.2, 0) is 6.42 Å². The molecule has 2 aromatic rings. The number of phenolic OH excluding ortho intramolecular Hbond substituents is 1. The normalized spacial score (nSPS) is 13.3. The van der Waals surface area contributed by atoms with Gasteiger partial charge in [-0.15, -0.1) is 12.4 Å². The van der Waals surface area contributed by atoms with Gasteiger partial charge in [-0.25, -0.2) is 0 Å². The van der Waals surface area contributed by atoms with Gasteiger partial charge in [-0.1, -0.05) is 46.3 Å². The van der Waals surface area contributed by atoms with Crippen molar-refractivity contribution in [3.8, 4) is 5.75 Å². The van der Waals surface area contributed by atoms with E-state index in [-0.39, 0.29) is 18.2 Å². The largest absolute Gasteiger partial charge is 0.506 e. The molecule has 6 heteroatoms. The van der Waals surface area contributed by atoms with Gasteiger partial charge in [-0.05, 0) is 33.6 Å². The predicted molar refractivity (Wildman–Crippen MR) is 93.8 cm³/mol. The summed E-state index contributed by atoms with van der Waals surface area (Å²) in [6.07, 6.45) is -0.338. The van der Waals surface area contributed by atoms with Crippen LogP contribution in [0.5, 0.6) is 5.75 Å². The number of aromatic hydroxyl groups is 1.